The molecule has 7 heteroatoms. The van der Waals surface area contributed by atoms with Crippen molar-refractivity contribution in [3.05, 3.63) is 105 Å². The Morgan fingerprint density at radius 2 is 1.75 bits per heavy atom. The summed E-state index contributed by atoms with van der Waals surface area (Å²) in [6.45, 7) is 0.404. The maximum atomic E-state index is 12.2. The van der Waals surface area contributed by atoms with Gasteiger partial charge in [-0.1, -0.05) is 60.7 Å². The van der Waals surface area contributed by atoms with Gasteiger partial charge in [-0.25, -0.2) is 4.79 Å². The molecule has 0 unspecified atom stereocenters. The fourth-order valence-corrected chi connectivity index (χ4v) is 3.89. The van der Waals surface area contributed by atoms with Crippen LogP contribution in [0.15, 0.2) is 72.8 Å². The highest BCUT2D eigenvalue weighted by molar-refractivity contribution is 5.79. The van der Waals surface area contributed by atoms with Crippen LogP contribution in [0.4, 0.5) is 10.5 Å². The van der Waals surface area contributed by atoms with E-state index in [0.29, 0.717) is 5.56 Å². The molecule has 0 heterocycles. The summed E-state index contributed by atoms with van der Waals surface area (Å²) in [6, 6.07) is 22.2. The van der Waals surface area contributed by atoms with Gasteiger partial charge in [0.1, 0.15) is 6.61 Å². The molecule has 3 aromatic rings. The van der Waals surface area contributed by atoms with Crippen LogP contribution in [0, 0.1) is 21.4 Å². The number of benzene rings is 3. The number of nitro benzene ring substituents is 1. The van der Waals surface area contributed by atoms with Gasteiger partial charge in [0, 0.05) is 24.6 Å². The highest BCUT2D eigenvalue weighted by Crippen LogP contribution is 2.44. The molecule has 1 aliphatic carbocycles. The van der Waals surface area contributed by atoms with Gasteiger partial charge < -0.3 is 10.1 Å². The van der Waals surface area contributed by atoms with Crippen molar-refractivity contribution in [1.29, 1.82) is 5.26 Å². The minimum absolute atomic E-state index is 0.0158. The number of ether oxygens (including phenoxy) is 1. The average molecular weight is 425 g/mol. The Kier molecular flexibility index (Phi) is 5.95. The zero-order valence-electron chi connectivity index (χ0n) is 17.0. The third-order valence-corrected chi connectivity index (χ3v) is 5.30. The second kappa shape index (κ2) is 9.14. The molecular formula is C25H19N3O4. The molecule has 0 bridgehead atoms. The van der Waals surface area contributed by atoms with E-state index in [9.17, 15) is 14.9 Å². The number of non-ortho nitro benzene ring substituents is 1. The first kappa shape index (κ1) is 20.8. The van der Waals surface area contributed by atoms with Crippen molar-refractivity contribution in [2.75, 3.05) is 13.2 Å². The van der Waals surface area contributed by atoms with Gasteiger partial charge in [0.25, 0.3) is 5.69 Å². The van der Waals surface area contributed by atoms with E-state index in [4.69, 9.17) is 10.00 Å². The Bertz CT molecular complexity index is 1210. The molecule has 4 rings (SSSR count). The van der Waals surface area contributed by atoms with E-state index >= 15 is 0 Å². The zero-order chi connectivity index (χ0) is 22.5. The summed E-state index contributed by atoms with van der Waals surface area (Å²) in [7, 11) is 0. The Morgan fingerprint density at radius 1 is 1.09 bits per heavy atom. The van der Waals surface area contributed by atoms with Crippen LogP contribution >= 0.6 is 0 Å². The fraction of sp³-hybridized carbons (Fsp3) is 0.120. The minimum Gasteiger partial charge on any atom is -0.449 e. The smallest absolute Gasteiger partial charge is 0.407 e. The number of rotatable bonds is 6. The highest BCUT2D eigenvalue weighted by Gasteiger charge is 2.28. The van der Waals surface area contributed by atoms with Crippen molar-refractivity contribution in [2.45, 2.75) is 5.92 Å². The van der Waals surface area contributed by atoms with Gasteiger partial charge in [-0.3, -0.25) is 10.1 Å². The van der Waals surface area contributed by atoms with Gasteiger partial charge in [0.15, 0.2) is 0 Å². The van der Waals surface area contributed by atoms with Crippen LogP contribution in [-0.2, 0) is 4.74 Å². The fourth-order valence-electron chi connectivity index (χ4n) is 3.89. The molecule has 3 aromatic carbocycles. The second-order valence-electron chi connectivity index (χ2n) is 7.29. The molecule has 7 nitrogen and oxygen atoms in total. The number of carbonyl (C=O) groups excluding carboxylic acids is 1. The van der Waals surface area contributed by atoms with Gasteiger partial charge in [0.2, 0.25) is 0 Å². The Labute approximate surface area is 184 Å². The van der Waals surface area contributed by atoms with Gasteiger partial charge in [-0.2, -0.15) is 5.26 Å². The van der Waals surface area contributed by atoms with Crippen LogP contribution in [0.2, 0.25) is 0 Å². The quantitative estimate of drug-likeness (QED) is 0.441. The molecule has 1 N–H and O–H groups in total. The lowest BCUT2D eigenvalue weighted by molar-refractivity contribution is -0.384. The van der Waals surface area contributed by atoms with E-state index < -0.39 is 11.0 Å². The van der Waals surface area contributed by atoms with Crippen molar-refractivity contribution in [3.63, 3.8) is 0 Å². The van der Waals surface area contributed by atoms with Crippen LogP contribution in [-0.4, -0.2) is 24.2 Å². The van der Waals surface area contributed by atoms with Gasteiger partial charge in [-0.15, -0.1) is 0 Å². The lowest BCUT2D eigenvalue weighted by Gasteiger charge is -2.14. The lowest BCUT2D eigenvalue weighted by atomic mass is 9.98. The molecule has 0 fully saturated rings. The maximum Gasteiger partial charge on any atom is 0.407 e. The van der Waals surface area contributed by atoms with E-state index in [1.165, 1.54) is 18.2 Å². The van der Waals surface area contributed by atoms with Gasteiger partial charge in [-0.05, 0) is 33.9 Å². The number of amides is 1. The summed E-state index contributed by atoms with van der Waals surface area (Å²) in [6.07, 6.45) is 2.70. The zero-order valence-corrected chi connectivity index (χ0v) is 17.0. The predicted molar refractivity (Wildman–Crippen MR) is 120 cm³/mol. The van der Waals surface area contributed by atoms with Crippen molar-refractivity contribution in [3.8, 4) is 17.2 Å². The molecule has 0 spiro atoms. The molecule has 1 aliphatic rings. The van der Waals surface area contributed by atoms with E-state index in [1.54, 1.807) is 12.2 Å². The second-order valence-corrected chi connectivity index (χ2v) is 7.29. The third-order valence-electron chi connectivity index (χ3n) is 5.30. The minimum atomic E-state index is -0.548. The van der Waals surface area contributed by atoms with Crippen LogP contribution in [0.5, 0.6) is 0 Å². The predicted octanol–water partition coefficient (Wildman–Crippen LogP) is 5.02. The normalized spacial score (nSPS) is 12.1. The number of fused-ring (bicyclic) bond motifs is 3. The maximum absolute atomic E-state index is 12.2. The van der Waals surface area contributed by atoms with Crippen LogP contribution in [0.25, 0.3) is 17.2 Å². The molecule has 0 aliphatic heterocycles. The van der Waals surface area contributed by atoms with Crippen molar-refractivity contribution in [2.24, 2.45) is 0 Å². The summed E-state index contributed by atoms with van der Waals surface area (Å²) < 4.78 is 5.46. The first-order valence-corrected chi connectivity index (χ1v) is 10.0. The standard InChI is InChI=1S/C25H19N3O4/c26-15-18-12-17(13-19(14-18)28(30)31)6-5-11-27-25(29)32-16-24-22-9-3-1-7-20(22)21-8-2-4-10-23(21)24/h1-10,12-14,24H,11,16H2,(H,27,29). The molecule has 158 valence electrons. The highest BCUT2D eigenvalue weighted by atomic mass is 16.6. The Hall–Kier alpha value is -4.44. The molecule has 1 amide bonds. The average Bonchev–Trinajstić information content (AvgIpc) is 3.14. The summed E-state index contributed by atoms with van der Waals surface area (Å²) >= 11 is 0. The molecule has 0 saturated carbocycles. The summed E-state index contributed by atoms with van der Waals surface area (Å²) in [5.41, 5.74) is 5.14. The van der Waals surface area contributed by atoms with E-state index in [-0.39, 0.29) is 30.3 Å². The molecule has 0 saturated heterocycles. The third kappa shape index (κ3) is 4.35. The van der Waals surface area contributed by atoms with Crippen LogP contribution in [0.3, 0.4) is 0 Å². The topological polar surface area (TPSA) is 105 Å². The number of nitrogens with zero attached hydrogens (tertiary/aromatic N) is 2. The number of alkyl carbamates (subject to hydrolysis) is 1. The van der Waals surface area contributed by atoms with Crippen LogP contribution < -0.4 is 5.32 Å². The Morgan fingerprint density at radius 3 is 2.38 bits per heavy atom. The Balaban J connectivity index is 1.34. The van der Waals surface area contributed by atoms with E-state index in [1.807, 2.05) is 30.3 Å². The number of nitro groups is 1. The van der Waals surface area contributed by atoms with Crippen molar-refractivity contribution < 1.29 is 14.5 Å². The lowest BCUT2D eigenvalue weighted by Crippen LogP contribution is -2.26. The molecule has 0 atom stereocenters. The first-order chi connectivity index (χ1) is 15.6. The number of carbonyl (C=O) groups is 1. The molecular weight excluding hydrogens is 406 g/mol. The van der Waals surface area contributed by atoms with E-state index in [2.05, 4.69) is 29.6 Å². The monoisotopic (exact) mass is 425 g/mol. The van der Waals surface area contributed by atoms with Crippen LogP contribution in [0.1, 0.15) is 28.2 Å². The summed E-state index contributed by atoms with van der Waals surface area (Å²) in [5.74, 6) is -0.0158. The number of hydrogen-bond donors (Lipinski definition) is 1. The van der Waals surface area contributed by atoms with Gasteiger partial charge in [0.05, 0.1) is 16.6 Å². The van der Waals surface area contributed by atoms with Gasteiger partial charge >= 0.3 is 6.09 Å². The SMILES string of the molecule is N#Cc1cc(C=CCNC(=O)OCC2c3ccccc3-c3ccccc32)cc([N+](=O)[O-])c1. The van der Waals surface area contributed by atoms with Crippen molar-refractivity contribution >= 4 is 17.9 Å². The largest absolute Gasteiger partial charge is 0.449 e. The summed E-state index contributed by atoms with van der Waals surface area (Å²) in [4.78, 5) is 22.6. The number of hydrogen-bond acceptors (Lipinski definition) is 5. The van der Waals surface area contributed by atoms with Crippen molar-refractivity contribution in [1.82, 2.24) is 5.32 Å². The van der Waals surface area contributed by atoms with E-state index in [0.717, 1.165) is 22.3 Å². The molecule has 0 aromatic heterocycles. The number of nitriles is 1. The first-order valence-electron chi connectivity index (χ1n) is 10.0. The number of nitrogens with one attached hydrogen (secondary N) is 1. The molecule has 32 heavy (non-hydrogen) atoms. The molecule has 0 radical (unpaired) electrons. The summed E-state index contributed by atoms with van der Waals surface area (Å²) in [5, 5.41) is 22.6.